The molecule has 3 rings (SSSR count). The maximum absolute atomic E-state index is 12.3. The number of fused-ring (bicyclic) bond motifs is 3. The average molecular weight is 265 g/mol. The smallest absolute Gasteiger partial charge is 0.417 e. The number of carbonyl (C=O) groups excluding carboxylic acids is 2. The quantitative estimate of drug-likeness (QED) is 0.676. The summed E-state index contributed by atoms with van der Waals surface area (Å²) in [6, 6.07) is 0.120. The zero-order valence-corrected chi connectivity index (χ0v) is 12.0. The molecule has 3 fully saturated rings. The van der Waals surface area contributed by atoms with Gasteiger partial charge in [0.05, 0.1) is 0 Å². The molecular formula is C15H23NO3. The molecule has 0 radical (unpaired) electrons. The number of likely N-dealkylation sites (tertiary alicyclic amines) is 1. The van der Waals surface area contributed by atoms with Crippen LogP contribution in [0.2, 0.25) is 0 Å². The molecule has 4 heteroatoms. The Bertz CT molecular complexity index is 412. The van der Waals surface area contributed by atoms with E-state index in [1.54, 1.807) is 0 Å². The van der Waals surface area contributed by atoms with Gasteiger partial charge in [0.2, 0.25) is 5.91 Å². The largest absolute Gasteiger partial charge is 0.443 e. The van der Waals surface area contributed by atoms with E-state index in [2.05, 4.69) is 0 Å². The fourth-order valence-corrected chi connectivity index (χ4v) is 4.32. The highest BCUT2D eigenvalue weighted by atomic mass is 16.6. The van der Waals surface area contributed by atoms with Gasteiger partial charge in [0, 0.05) is 12.5 Å². The first-order valence-corrected chi connectivity index (χ1v) is 7.42. The molecule has 4 atom stereocenters. The third kappa shape index (κ3) is 2.15. The van der Waals surface area contributed by atoms with E-state index in [0.717, 1.165) is 12.3 Å². The zero-order chi connectivity index (χ0) is 13.8. The first kappa shape index (κ1) is 12.9. The number of carbonyl (C=O) groups is 2. The van der Waals surface area contributed by atoms with E-state index < -0.39 is 11.7 Å². The summed E-state index contributed by atoms with van der Waals surface area (Å²) >= 11 is 0. The number of nitrogens with zero attached hydrogens (tertiary/aromatic N) is 1. The first-order chi connectivity index (χ1) is 8.87. The Morgan fingerprint density at radius 1 is 1.26 bits per heavy atom. The lowest BCUT2D eigenvalue weighted by Gasteiger charge is -2.30. The molecule has 3 aliphatic rings. The van der Waals surface area contributed by atoms with Crippen molar-refractivity contribution in [2.24, 2.45) is 17.8 Å². The predicted molar refractivity (Wildman–Crippen MR) is 70.4 cm³/mol. The Balaban J connectivity index is 1.80. The zero-order valence-electron chi connectivity index (χ0n) is 12.0. The van der Waals surface area contributed by atoms with Crippen molar-refractivity contribution in [3.8, 4) is 0 Å². The van der Waals surface area contributed by atoms with Crippen LogP contribution < -0.4 is 0 Å². The van der Waals surface area contributed by atoms with Gasteiger partial charge in [0.25, 0.3) is 0 Å². The van der Waals surface area contributed by atoms with Gasteiger partial charge in [-0.05, 0) is 51.4 Å². The molecular weight excluding hydrogens is 242 g/mol. The molecule has 1 aliphatic heterocycles. The van der Waals surface area contributed by atoms with Crippen LogP contribution in [0.3, 0.4) is 0 Å². The predicted octanol–water partition coefficient (Wildman–Crippen LogP) is 2.96. The minimum atomic E-state index is -0.539. The van der Waals surface area contributed by atoms with Crippen molar-refractivity contribution >= 4 is 12.0 Å². The van der Waals surface area contributed by atoms with Gasteiger partial charge < -0.3 is 4.74 Å². The average Bonchev–Trinajstić information content (AvgIpc) is 2.84. The summed E-state index contributed by atoms with van der Waals surface area (Å²) < 4.78 is 5.41. The third-order valence-electron chi connectivity index (χ3n) is 4.84. The summed E-state index contributed by atoms with van der Waals surface area (Å²) in [5.74, 6) is 1.61. The van der Waals surface area contributed by atoms with Gasteiger partial charge >= 0.3 is 6.09 Å². The number of hydrogen-bond acceptors (Lipinski definition) is 3. The fourth-order valence-electron chi connectivity index (χ4n) is 4.32. The lowest BCUT2D eigenvalue weighted by atomic mass is 9.96. The van der Waals surface area contributed by atoms with E-state index in [-0.39, 0.29) is 11.9 Å². The molecule has 106 valence electrons. The van der Waals surface area contributed by atoms with Crippen LogP contribution in [0, 0.1) is 17.8 Å². The summed E-state index contributed by atoms with van der Waals surface area (Å²) in [5.41, 5.74) is -0.539. The van der Waals surface area contributed by atoms with Crippen molar-refractivity contribution in [1.82, 2.24) is 4.90 Å². The van der Waals surface area contributed by atoms with Crippen LogP contribution in [0.4, 0.5) is 4.79 Å². The topological polar surface area (TPSA) is 46.6 Å². The van der Waals surface area contributed by atoms with Crippen molar-refractivity contribution in [3.63, 3.8) is 0 Å². The molecule has 1 heterocycles. The lowest BCUT2D eigenvalue weighted by molar-refractivity contribution is -0.128. The van der Waals surface area contributed by atoms with Crippen LogP contribution in [0.1, 0.15) is 52.9 Å². The Hall–Kier alpha value is -1.06. The van der Waals surface area contributed by atoms with Gasteiger partial charge in [0.15, 0.2) is 0 Å². The van der Waals surface area contributed by atoms with E-state index in [1.165, 1.54) is 24.2 Å². The van der Waals surface area contributed by atoms with Gasteiger partial charge in [-0.2, -0.15) is 0 Å². The van der Waals surface area contributed by atoms with Gasteiger partial charge in [-0.25, -0.2) is 9.69 Å². The lowest BCUT2D eigenvalue weighted by Crippen LogP contribution is -2.45. The molecule has 4 unspecified atom stereocenters. The van der Waals surface area contributed by atoms with Gasteiger partial charge in [0.1, 0.15) is 5.60 Å². The summed E-state index contributed by atoms with van der Waals surface area (Å²) in [7, 11) is 0. The maximum atomic E-state index is 12.3. The maximum Gasteiger partial charge on any atom is 0.417 e. The molecule has 0 aromatic rings. The molecule has 19 heavy (non-hydrogen) atoms. The van der Waals surface area contributed by atoms with Crippen molar-refractivity contribution in [1.29, 1.82) is 0 Å². The summed E-state index contributed by atoms with van der Waals surface area (Å²) in [6.07, 6.45) is 4.91. The van der Waals surface area contributed by atoms with Crippen LogP contribution in [0.15, 0.2) is 0 Å². The normalized spacial score (nSPS) is 37.4. The Kier molecular flexibility index (Phi) is 2.88. The van der Waals surface area contributed by atoms with Crippen LogP contribution in [-0.2, 0) is 9.53 Å². The number of rotatable bonds is 0. The van der Waals surface area contributed by atoms with E-state index in [0.29, 0.717) is 18.3 Å². The number of imide groups is 1. The third-order valence-corrected chi connectivity index (χ3v) is 4.84. The van der Waals surface area contributed by atoms with Crippen LogP contribution >= 0.6 is 0 Å². The Morgan fingerprint density at radius 2 is 2.00 bits per heavy atom. The molecule has 0 N–H and O–H groups in total. The summed E-state index contributed by atoms with van der Waals surface area (Å²) in [5, 5.41) is 0. The number of hydrogen-bond donors (Lipinski definition) is 0. The van der Waals surface area contributed by atoms with E-state index >= 15 is 0 Å². The second-order valence-electron chi connectivity index (χ2n) is 7.29. The fraction of sp³-hybridized carbons (Fsp3) is 0.867. The minimum Gasteiger partial charge on any atom is -0.443 e. The van der Waals surface area contributed by atoms with Crippen molar-refractivity contribution < 1.29 is 14.3 Å². The molecule has 2 aliphatic carbocycles. The molecule has 0 spiro atoms. The van der Waals surface area contributed by atoms with E-state index in [9.17, 15) is 9.59 Å². The molecule has 1 saturated heterocycles. The van der Waals surface area contributed by atoms with Crippen molar-refractivity contribution in [2.75, 3.05) is 0 Å². The highest BCUT2D eigenvalue weighted by Crippen LogP contribution is 2.52. The highest BCUT2D eigenvalue weighted by Gasteiger charge is 2.56. The molecule has 0 aromatic carbocycles. The van der Waals surface area contributed by atoms with E-state index in [4.69, 9.17) is 4.74 Å². The molecule has 0 bridgehead atoms. The van der Waals surface area contributed by atoms with Gasteiger partial charge in [-0.1, -0.05) is 12.8 Å². The SMILES string of the molecule is CC(C)(C)OC(=O)N1C(=O)CC2CC3CCCC3C21. The molecule has 2 amide bonds. The summed E-state index contributed by atoms with van der Waals surface area (Å²) in [6.45, 7) is 5.53. The molecule has 2 saturated carbocycles. The van der Waals surface area contributed by atoms with Gasteiger partial charge in [-0.15, -0.1) is 0 Å². The Morgan fingerprint density at radius 3 is 2.68 bits per heavy atom. The summed E-state index contributed by atoms with van der Waals surface area (Å²) in [4.78, 5) is 25.9. The van der Waals surface area contributed by atoms with E-state index in [1.807, 2.05) is 20.8 Å². The monoisotopic (exact) mass is 265 g/mol. The number of amides is 2. The van der Waals surface area contributed by atoms with Crippen LogP contribution in [0.25, 0.3) is 0 Å². The molecule has 0 aromatic heterocycles. The highest BCUT2D eigenvalue weighted by molar-refractivity contribution is 5.94. The van der Waals surface area contributed by atoms with Gasteiger partial charge in [-0.3, -0.25) is 4.79 Å². The number of ether oxygens (including phenoxy) is 1. The van der Waals surface area contributed by atoms with Crippen molar-refractivity contribution in [2.45, 2.75) is 64.5 Å². The Labute approximate surface area is 114 Å². The first-order valence-electron chi connectivity index (χ1n) is 7.42. The van der Waals surface area contributed by atoms with Crippen LogP contribution in [-0.4, -0.2) is 28.5 Å². The standard InChI is InChI=1S/C15H23NO3/c1-15(2,3)19-14(18)16-12(17)8-10-7-9-5-4-6-11(9)13(10)16/h9-11,13H,4-8H2,1-3H3. The van der Waals surface area contributed by atoms with Crippen LogP contribution in [0.5, 0.6) is 0 Å². The molecule has 4 nitrogen and oxygen atoms in total. The second-order valence-corrected chi connectivity index (χ2v) is 7.29. The van der Waals surface area contributed by atoms with Crippen molar-refractivity contribution in [3.05, 3.63) is 0 Å². The minimum absolute atomic E-state index is 0.0328. The second kappa shape index (κ2) is 4.22.